The van der Waals surface area contributed by atoms with Gasteiger partial charge in [-0.3, -0.25) is 10.1 Å². The van der Waals surface area contributed by atoms with Crippen molar-refractivity contribution in [2.45, 2.75) is 45.5 Å². The van der Waals surface area contributed by atoms with Gasteiger partial charge >= 0.3 is 12.2 Å². The van der Waals surface area contributed by atoms with E-state index in [-0.39, 0.29) is 19.0 Å². The fourth-order valence-electron chi connectivity index (χ4n) is 2.91. The summed E-state index contributed by atoms with van der Waals surface area (Å²) >= 11 is 0. The minimum Gasteiger partial charge on any atom is -0.449 e. The third-order valence-electron chi connectivity index (χ3n) is 5.94. The lowest BCUT2D eigenvalue weighted by atomic mass is 9.93. The first-order chi connectivity index (χ1) is 18.4. The molecule has 0 aromatic heterocycles. The number of carbonyl (C=O) groups is 3. The van der Waals surface area contributed by atoms with Crippen LogP contribution in [0, 0.1) is 16.7 Å². The van der Waals surface area contributed by atoms with Crippen molar-refractivity contribution in [3.63, 3.8) is 0 Å². The van der Waals surface area contributed by atoms with E-state index in [2.05, 4.69) is 21.3 Å². The normalized spacial score (nSPS) is 14.3. The first-order valence-corrected chi connectivity index (χ1v) is 12.6. The van der Waals surface area contributed by atoms with Gasteiger partial charge in [-0.15, -0.1) is 0 Å². The summed E-state index contributed by atoms with van der Waals surface area (Å²) in [6.45, 7) is 0.662. The molecule has 0 heterocycles. The zero-order valence-electron chi connectivity index (χ0n) is 22.8. The Morgan fingerprint density at radius 3 is 1.59 bits per heavy atom. The van der Waals surface area contributed by atoms with Gasteiger partial charge in [0.15, 0.2) is 0 Å². The second-order valence-corrected chi connectivity index (χ2v) is 10.0. The number of nitrogens with one attached hydrogen (secondary N) is 4. The molecule has 16 nitrogen and oxygen atoms in total. The molecule has 3 unspecified atom stereocenters. The van der Waals surface area contributed by atoms with Gasteiger partial charge in [-0.05, 0) is 19.3 Å². The fraction of sp³-hybridized carbons (Fsp3) is 0.870. The molecule has 0 aliphatic carbocycles. The van der Waals surface area contributed by atoms with E-state index in [9.17, 15) is 50.1 Å². The Balaban J connectivity index is 4.73. The summed E-state index contributed by atoms with van der Waals surface area (Å²) < 4.78 is 9.81. The zero-order valence-corrected chi connectivity index (χ0v) is 22.8. The van der Waals surface area contributed by atoms with Crippen LogP contribution in [0.2, 0.25) is 0 Å². The molecule has 3 amide bonds. The lowest BCUT2D eigenvalue weighted by Gasteiger charge is -2.29. The zero-order chi connectivity index (χ0) is 30.1. The Hall–Kier alpha value is -2.31. The predicted octanol–water partition coefficient (Wildman–Crippen LogP) is -3.81. The lowest BCUT2D eigenvalue weighted by molar-refractivity contribution is -0.124. The molecule has 0 aromatic carbocycles. The predicted molar refractivity (Wildman–Crippen MR) is 136 cm³/mol. The standard InChI is InChI=1S/C23H46N4O12/c1-15(2)6-17(19(35)24-4-5-25-20(36)38-13-22(7-28,8-29)9-30)27-18(34)16(3)26-21(37)39-14-23(10-31,11-32)12-33/h15-18,27-34H,4-14H2,1-3H3,(H,24,35)(H,25,36)(H,26,37). The highest BCUT2D eigenvalue weighted by Crippen LogP contribution is 2.16. The average Bonchev–Trinajstić information content (AvgIpc) is 2.92. The van der Waals surface area contributed by atoms with Crippen molar-refractivity contribution < 1.29 is 59.6 Å². The Labute approximate surface area is 227 Å². The van der Waals surface area contributed by atoms with E-state index in [0.29, 0.717) is 6.42 Å². The number of hydrogen-bond donors (Lipinski definition) is 11. The van der Waals surface area contributed by atoms with E-state index in [0.717, 1.165) is 0 Å². The van der Waals surface area contributed by atoms with Crippen molar-refractivity contribution in [3.05, 3.63) is 0 Å². The maximum absolute atomic E-state index is 12.7. The van der Waals surface area contributed by atoms with Crippen LogP contribution in [-0.2, 0) is 14.3 Å². The largest absolute Gasteiger partial charge is 0.449 e. The van der Waals surface area contributed by atoms with Crippen LogP contribution in [0.5, 0.6) is 0 Å². The topological polar surface area (TPSA) is 259 Å². The Kier molecular flexibility index (Phi) is 17.8. The van der Waals surface area contributed by atoms with Crippen molar-refractivity contribution in [1.82, 2.24) is 21.3 Å². The van der Waals surface area contributed by atoms with Crippen LogP contribution in [-0.4, -0.2) is 138 Å². The average molecular weight is 571 g/mol. The molecule has 0 spiro atoms. The molecule has 0 saturated heterocycles. The Bertz CT molecular complexity index is 703. The number of ether oxygens (including phenoxy) is 2. The van der Waals surface area contributed by atoms with E-state index < -0.39 is 100 Å². The number of carbonyl (C=O) groups excluding carboxylic acids is 3. The summed E-state index contributed by atoms with van der Waals surface area (Å²) in [4.78, 5) is 36.6. The monoisotopic (exact) mass is 570 g/mol. The number of amides is 3. The van der Waals surface area contributed by atoms with Crippen LogP contribution >= 0.6 is 0 Å². The summed E-state index contributed by atoms with van der Waals surface area (Å²) in [5.74, 6) is -0.429. The number of aliphatic hydroxyl groups excluding tert-OH is 7. The van der Waals surface area contributed by atoms with Crippen LogP contribution in [0.15, 0.2) is 0 Å². The molecule has 11 N–H and O–H groups in total. The van der Waals surface area contributed by atoms with E-state index in [4.69, 9.17) is 9.47 Å². The van der Waals surface area contributed by atoms with E-state index in [1.54, 1.807) is 0 Å². The quantitative estimate of drug-likeness (QED) is 0.0496. The van der Waals surface area contributed by atoms with Gasteiger partial charge in [0.25, 0.3) is 0 Å². The van der Waals surface area contributed by atoms with E-state index in [1.165, 1.54) is 6.92 Å². The van der Waals surface area contributed by atoms with Crippen molar-refractivity contribution in [2.75, 3.05) is 65.9 Å². The first kappa shape index (κ1) is 36.7. The van der Waals surface area contributed by atoms with Crippen molar-refractivity contribution >= 4 is 18.1 Å². The minimum atomic E-state index is -1.41. The van der Waals surface area contributed by atoms with Crippen LogP contribution < -0.4 is 21.3 Å². The van der Waals surface area contributed by atoms with Gasteiger partial charge in [-0.1, -0.05) is 13.8 Å². The number of aliphatic hydroxyl groups is 7. The SMILES string of the molecule is CC(C)CC(NC(O)C(C)NC(=O)OCC(CO)(CO)CO)C(=O)NCCNC(=O)OCC(CO)(CO)CO. The fourth-order valence-corrected chi connectivity index (χ4v) is 2.91. The molecule has 39 heavy (non-hydrogen) atoms. The van der Waals surface area contributed by atoms with Gasteiger partial charge < -0.3 is 61.2 Å². The van der Waals surface area contributed by atoms with Crippen molar-refractivity contribution in [2.24, 2.45) is 16.7 Å². The molecule has 0 aliphatic heterocycles. The van der Waals surface area contributed by atoms with Crippen molar-refractivity contribution in [3.8, 4) is 0 Å². The molecule has 3 atom stereocenters. The van der Waals surface area contributed by atoms with Gasteiger partial charge in [0, 0.05) is 13.1 Å². The highest BCUT2D eigenvalue weighted by Gasteiger charge is 2.32. The summed E-state index contributed by atoms with van der Waals surface area (Å²) in [7, 11) is 0. The third-order valence-corrected chi connectivity index (χ3v) is 5.94. The van der Waals surface area contributed by atoms with Crippen molar-refractivity contribution in [1.29, 1.82) is 0 Å². The van der Waals surface area contributed by atoms with Gasteiger partial charge in [-0.25, -0.2) is 9.59 Å². The van der Waals surface area contributed by atoms with Crippen LogP contribution in [0.1, 0.15) is 27.2 Å². The third kappa shape index (κ3) is 13.5. The number of hydrogen-bond acceptors (Lipinski definition) is 13. The van der Waals surface area contributed by atoms with E-state index >= 15 is 0 Å². The van der Waals surface area contributed by atoms with Crippen LogP contribution in [0.25, 0.3) is 0 Å². The molecule has 230 valence electrons. The molecule has 0 bridgehead atoms. The summed E-state index contributed by atoms with van der Waals surface area (Å²) in [5.41, 5.74) is -2.78. The second-order valence-electron chi connectivity index (χ2n) is 10.0. The smallest absolute Gasteiger partial charge is 0.407 e. The summed E-state index contributed by atoms with van der Waals surface area (Å²) in [5, 5.41) is 76.2. The maximum Gasteiger partial charge on any atom is 0.407 e. The Morgan fingerprint density at radius 1 is 0.718 bits per heavy atom. The van der Waals surface area contributed by atoms with Gasteiger partial charge in [0.2, 0.25) is 5.91 Å². The molecule has 0 radical (unpaired) electrons. The molecule has 0 aliphatic rings. The second kappa shape index (κ2) is 18.9. The minimum absolute atomic E-state index is 0.00783. The molecule has 16 heteroatoms. The highest BCUT2D eigenvalue weighted by molar-refractivity contribution is 5.81. The van der Waals surface area contributed by atoms with E-state index in [1.807, 2.05) is 13.8 Å². The molecule has 0 rings (SSSR count). The molecular weight excluding hydrogens is 524 g/mol. The maximum atomic E-state index is 12.7. The number of alkyl carbamates (subject to hydrolysis) is 2. The highest BCUT2D eigenvalue weighted by atomic mass is 16.6. The first-order valence-electron chi connectivity index (χ1n) is 12.6. The lowest BCUT2D eigenvalue weighted by Crippen LogP contribution is -2.56. The van der Waals surface area contributed by atoms with Crippen LogP contribution in [0.3, 0.4) is 0 Å². The molecule has 0 aromatic rings. The van der Waals surface area contributed by atoms with Gasteiger partial charge in [0.05, 0.1) is 62.6 Å². The molecule has 0 fully saturated rings. The van der Waals surface area contributed by atoms with Gasteiger partial charge in [0.1, 0.15) is 19.4 Å². The van der Waals surface area contributed by atoms with Crippen LogP contribution in [0.4, 0.5) is 9.59 Å². The summed E-state index contributed by atoms with van der Waals surface area (Å²) in [6, 6.07) is -1.79. The Morgan fingerprint density at radius 2 is 1.15 bits per heavy atom. The number of rotatable bonds is 20. The van der Waals surface area contributed by atoms with Gasteiger partial charge in [-0.2, -0.15) is 0 Å². The molecular formula is C23H46N4O12. The molecule has 0 saturated carbocycles. The summed E-state index contributed by atoms with van der Waals surface area (Å²) in [6.07, 6.45) is -2.90.